The highest BCUT2D eigenvalue weighted by atomic mass is 35.5. The average Bonchev–Trinajstić information content (AvgIpc) is 2.73. The number of fused-ring (bicyclic) bond motifs is 1. The SMILES string of the molecule is Clc1ncc2cnn(Cc3cccnc3)c2n1. The fourth-order valence-electron chi connectivity index (χ4n) is 1.63. The first kappa shape index (κ1) is 10.2. The van der Waals surface area contributed by atoms with Crippen LogP contribution in [-0.2, 0) is 6.54 Å². The molecule has 5 nitrogen and oxygen atoms in total. The lowest BCUT2D eigenvalue weighted by molar-refractivity contribution is 0.701. The van der Waals surface area contributed by atoms with E-state index in [0.29, 0.717) is 6.54 Å². The van der Waals surface area contributed by atoms with Gasteiger partial charge in [-0.1, -0.05) is 6.07 Å². The summed E-state index contributed by atoms with van der Waals surface area (Å²) in [7, 11) is 0. The largest absolute Gasteiger partial charge is 0.264 e. The van der Waals surface area contributed by atoms with Crippen molar-refractivity contribution in [3.63, 3.8) is 0 Å². The van der Waals surface area contributed by atoms with E-state index >= 15 is 0 Å². The van der Waals surface area contributed by atoms with E-state index in [0.717, 1.165) is 16.6 Å². The molecule has 0 saturated heterocycles. The number of aromatic nitrogens is 5. The Morgan fingerprint density at radius 3 is 3.00 bits per heavy atom. The van der Waals surface area contributed by atoms with Gasteiger partial charge in [-0.2, -0.15) is 10.1 Å². The molecule has 0 unspecified atom stereocenters. The van der Waals surface area contributed by atoms with Gasteiger partial charge in [0.2, 0.25) is 5.28 Å². The minimum atomic E-state index is 0.227. The maximum Gasteiger partial charge on any atom is 0.224 e. The second kappa shape index (κ2) is 4.10. The second-order valence-electron chi connectivity index (χ2n) is 3.58. The zero-order valence-corrected chi connectivity index (χ0v) is 9.54. The Hall–Kier alpha value is -2.01. The highest BCUT2D eigenvalue weighted by molar-refractivity contribution is 6.28. The van der Waals surface area contributed by atoms with Crippen LogP contribution in [0.25, 0.3) is 11.0 Å². The summed E-state index contributed by atoms with van der Waals surface area (Å²) in [6.07, 6.45) is 6.93. The molecule has 3 heterocycles. The van der Waals surface area contributed by atoms with Gasteiger partial charge in [-0.25, -0.2) is 9.67 Å². The van der Waals surface area contributed by atoms with Gasteiger partial charge in [0.25, 0.3) is 0 Å². The molecule has 0 aliphatic heterocycles. The number of nitrogens with zero attached hydrogens (tertiary/aromatic N) is 5. The molecule has 17 heavy (non-hydrogen) atoms. The van der Waals surface area contributed by atoms with Gasteiger partial charge in [0.1, 0.15) is 0 Å². The number of hydrogen-bond acceptors (Lipinski definition) is 4. The minimum Gasteiger partial charge on any atom is -0.264 e. The Kier molecular flexibility index (Phi) is 2.45. The lowest BCUT2D eigenvalue weighted by Gasteiger charge is -2.02. The van der Waals surface area contributed by atoms with Crippen LogP contribution in [0.15, 0.2) is 36.9 Å². The Balaban J connectivity index is 2.03. The van der Waals surface area contributed by atoms with Gasteiger partial charge in [-0.15, -0.1) is 0 Å². The van der Waals surface area contributed by atoms with Crippen LogP contribution in [-0.4, -0.2) is 24.7 Å². The van der Waals surface area contributed by atoms with Gasteiger partial charge in [-0.05, 0) is 23.2 Å². The van der Waals surface area contributed by atoms with E-state index in [9.17, 15) is 0 Å². The molecule has 3 aromatic rings. The molecule has 0 radical (unpaired) electrons. The van der Waals surface area contributed by atoms with Crippen molar-refractivity contribution < 1.29 is 0 Å². The predicted molar refractivity (Wildman–Crippen MR) is 63.7 cm³/mol. The van der Waals surface area contributed by atoms with Crippen molar-refractivity contribution in [2.45, 2.75) is 6.54 Å². The quantitative estimate of drug-likeness (QED) is 0.648. The van der Waals surface area contributed by atoms with Crippen molar-refractivity contribution in [2.24, 2.45) is 0 Å². The van der Waals surface area contributed by atoms with Gasteiger partial charge < -0.3 is 0 Å². The third-order valence-electron chi connectivity index (χ3n) is 2.40. The first-order chi connectivity index (χ1) is 8.33. The maximum absolute atomic E-state index is 5.77. The summed E-state index contributed by atoms with van der Waals surface area (Å²) >= 11 is 5.77. The molecule has 0 atom stereocenters. The fourth-order valence-corrected chi connectivity index (χ4v) is 1.75. The number of hydrogen-bond donors (Lipinski definition) is 0. The first-order valence-electron chi connectivity index (χ1n) is 5.06. The lowest BCUT2D eigenvalue weighted by atomic mass is 10.3. The zero-order chi connectivity index (χ0) is 11.7. The molecule has 3 aromatic heterocycles. The Labute approximate surface area is 102 Å². The monoisotopic (exact) mass is 245 g/mol. The Morgan fingerprint density at radius 2 is 2.18 bits per heavy atom. The van der Waals surface area contributed by atoms with E-state index in [-0.39, 0.29) is 5.28 Å². The summed E-state index contributed by atoms with van der Waals surface area (Å²) in [5, 5.41) is 5.36. The molecular formula is C11H8ClN5. The third-order valence-corrected chi connectivity index (χ3v) is 2.58. The number of halogens is 1. The smallest absolute Gasteiger partial charge is 0.224 e. The van der Waals surface area contributed by atoms with E-state index in [4.69, 9.17) is 11.6 Å². The molecule has 0 amide bonds. The Morgan fingerprint density at radius 1 is 1.24 bits per heavy atom. The highest BCUT2D eigenvalue weighted by Gasteiger charge is 2.06. The van der Waals surface area contributed by atoms with Crippen LogP contribution in [0.3, 0.4) is 0 Å². The van der Waals surface area contributed by atoms with Gasteiger partial charge >= 0.3 is 0 Å². The van der Waals surface area contributed by atoms with E-state index in [1.807, 2.05) is 12.1 Å². The molecule has 84 valence electrons. The molecule has 3 rings (SSSR count). The van der Waals surface area contributed by atoms with Crippen LogP contribution in [0, 0.1) is 0 Å². The van der Waals surface area contributed by atoms with Crippen molar-refractivity contribution in [1.29, 1.82) is 0 Å². The lowest BCUT2D eigenvalue weighted by Crippen LogP contribution is -2.03. The van der Waals surface area contributed by atoms with E-state index in [2.05, 4.69) is 20.1 Å². The highest BCUT2D eigenvalue weighted by Crippen LogP contribution is 2.13. The fraction of sp³-hybridized carbons (Fsp3) is 0.0909. The second-order valence-corrected chi connectivity index (χ2v) is 3.92. The van der Waals surface area contributed by atoms with Crippen molar-refractivity contribution in [3.8, 4) is 0 Å². The summed E-state index contributed by atoms with van der Waals surface area (Å²) < 4.78 is 1.78. The van der Waals surface area contributed by atoms with E-state index in [1.54, 1.807) is 29.5 Å². The molecule has 0 saturated carbocycles. The first-order valence-corrected chi connectivity index (χ1v) is 5.44. The van der Waals surface area contributed by atoms with Crippen molar-refractivity contribution in [2.75, 3.05) is 0 Å². The number of pyridine rings is 1. The summed E-state index contributed by atoms with van der Waals surface area (Å²) in [5.74, 6) is 0. The van der Waals surface area contributed by atoms with Crippen molar-refractivity contribution in [3.05, 3.63) is 47.8 Å². The molecule has 0 aliphatic rings. The minimum absolute atomic E-state index is 0.227. The van der Waals surface area contributed by atoms with Crippen molar-refractivity contribution in [1.82, 2.24) is 24.7 Å². The number of rotatable bonds is 2. The van der Waals surface area contributed by atoms with Crippen LogP contribution in [0.1, 0.15) is 5.56 Å². The van der Waals surface area contributed by atoms with Crippen LogP contribution >= 0.6 is 11.6 Å². The standard InChI is InChI=1S/C11H8ClN5/c12-11-14-5-9-6-15-17(10(9)16-11)7-8-2-1-3-13-4-8/h1-6H,7H2. The molecule has 0 N–H and O–H groups in total. The van der Waals surface area contributed by atoms with Crippen LogP contribution in [0.4, 0.5) is 0 Å². The summed E-state index contributed by atoms with van der Waals surface area (Å²) in [5.41, 5.74) is 1.79. The van der Waals surface area contributed by atoms with Gasteiger partial charge in [0, 0.05) is 18.6 Å². The molecule has 0 fully saturated rings. The molecular weight excluding hydrogens is 238 g/mol. The van der Waals surface area contributed by atoms with Gasteiger partial charge in [0.15, 0.2) is 5.65 Å². The molecule has 0 aliphatic carbocycles. The third kappa shape index (κ3) is 1.97. The molecule has 6 heteroatoms. The summed E-state index contributed by atoms with van der Waals surface area (Å²) in [6.45, 7) is 0.616. The van der Waals surface area contributed by atoms with Crippen LogP contribution < -0.4 is 0 Å². The summed E-state index contributed by atoms with van der Waals surface area (Å²) in [4.78, 5) is 12.1. The summed E-state index contributed by atoms with van der Waals surface area (Å²) in [6, 6.07) is 3.88. The average molecular weight is 246 g/mol. The van der Waals surface area contributed by atoms with Crippen LogP contribution in [0.2, 0.25) is 5.28 Å². The van der Waals surface area contributed by atoms with Gasteiger partial charge in [0.05, 0.1) is 18.1 Å². The van der Waals surface area contributed by atoms with E-state index in [1.165, 1.54) is 0 Å². The predicted octanol–water partition coefficient (Wildman–Crippen LogP) is 1.92. The molecule has 0 spiro atoms. The van der Waals surface area contributed by atoms with Crippen LogP contribution in [0.5, 0.6) is 0 Å². The van der Waals surface area contributed by atoms with Gasteiger partial charge in [-0.3, -0.25) is 4.98 Å². The maximum atomic E-state index is 5.77. The molecule has 0 aromatic carbocycles. The van der Waals surface area contributed by atoms with Crippen molar-refractivity contribution >= 4 is 22.6 Å². The topological polar surface area (TPSA) is 56.5 Å². The normalized spacial score (nSPS) is 10.9. The van der Waals surface area contributed by atoms with E-state index < -0.39 is 0 Å². The zero-order valence-electron chi connectivity index (χ0n) is 8.79. The Bertz CT molecular complexity index is 649. The molecule has 0 bridgehead atoms.